The molecule has 0 amide bonds. The van der Waals surface area contributed by atoms with Crippen molar-refractivity contribution in [3.8, 4) is 0 Å². The Bertz CT molecular complexity index is 454. The lowest BCUT2D eigenvalue weighted by molar-refractivity contribution is 0.556. The lowest BCUT2D eigenvalue weighted by Gasteiger charge is -2.14. The molecule has 96 valence electrons. The highest BCUT2D eigenvalue weighted by Crippen LogP contribution is 2.12. The van der Waals surface area contributed by atoms with Gasteiger partial charge < -0.3 is 0 Å². The van der Waals surface area contributed by atoms with E-state index in [1.54, 1.807) is 24.3 Å². The second-order valence-corrected chi connectivity index (χ2v) is 6.75. The van der Waals surface area contributed by atoms with Crippen molar-refractivity contribution >= 4 is 21.6 Å². The first-order valence-electron chi connectivity index (χ1n) is 5.53. The van der Waals surface area contributed by atoms with Crippen LogP contribution in [0.4, 0.5) is 0 Å². The molecular formula is C12H18ClNO2S. The molecule has 1 aromatic carbocycles. The lowest BCUT2D eigenvalue weighted by atomic mass is 10.1. The summed E-state index contributed by atoms with van der Waals surface area (Å²) in [5, 5.41) is -0.199. The van der Waals surface area contributed by atoms with Crippen molar-refractivity contribution in [1.29, 1.82) is 0 Å². The van der Waals surface area contributed by atoms with Gasteiger partial charge in [0, 0.05) is 11.9 Å². The second kappa shape index (κ2) is 5.85. The first kappa shape index (κ1) is 14.5. The summed E-state index contributed by atoms with van der Waals surface area (Å²) in [6.45, 7) is 6.07. The molecule has 0 saturated carbocycles. The minimum absolute atomic E-state index is 0.199. The van der Waals surface area contributed by atoms with E-state index >= 15 is 0 Å². The quantitative estimate of drug-likeness (QED) is 0.840. The number of nitrogens with one attached hydrogen (secondary N) is 1. The molecular weight excluding hydrogens is 258 g/mol. The van der Waals surface area contributed by atoms with Crippen molar-refractivity contribution in [2.75, 3.05) is 6.54 Å². The van der Waals surface area contributed by atoms with Crippen LogP contribution in [0, 0.1) is 12.8 Å². The average Bonchev–Trinajstić information content (AvgIpc) is 2.26. The zero-order chi connectivity index (χ0) is 13.1. The Kier molecular flexibility index (Phi) is 4.98. The van der Waals surface area contributed by atoms with Crippen LogP contribution in [0.5, 0.6) is 0 Å². The molecule has 0 aliphatic rings. The third kappa shape index (κ3) is 4.30. The summed E-state index contributed by atoms with van der Waals surface area (Å²) < 4.78 is 26.3. The van der Waals surface area contributed by atoms with Gasteiger partial charge in [-0.3, -0.25) is 0 Å². The van der Waals surface area contributed by atoms with Crippen LogP contribution in [-0.2, 0) is 10.0 Å². The van der Waals surface area contributed by atoms with E-state index in [2.05, 4.69) is 4.72 Å². The van der Waals surface area contributed by atoms with Crippen molar-refractivity contribution < 1.29 is 8.42 Å². The van der Waals surface area contributed by atoms with Crippen LogP contribution >= 0.6 is 11.6 Å². The van der Waals surface area contributed by atoms with E-state index in [1.165, 1.54) is 0 Å². The lowest BCUT2D eigenvalue weighted by Crippen LogP contribution is -2.32. The summed E-state index contributed by atoms with van der Waals surface area (Å²) >= 11 is 6.01. The summed E-state index contributed by atoms with van der Waals surface area (Å²) in [5.74, 6) is 0.234. The number of benzene rings is 1. The Hall–Kier alpha value is -0.580. The molecule has 0 aliphatic carbocycles. The van der Waals surface area contributed by atoms with Gasteiger partial charge in [-0.05, 0) is 25.0 Å². The largest absolute Gasteiger partial charge is 0.240 e. The molecule has 3 nitrogen and oxygen atoms in total. The molecule has 1 rings (SSSR count). The normalized spacial score (nSPS) is 13.9. The van der Waals surface area contributed by atoms with Crippen molar-refractivity contribution in [2.24, 2.45) is 5.92 Å². The third-order valence-electron chi connectivity index (χ3n) is 2.52. The van der Waals surface area contributed by atoms with Gasteiger partial charge in [-0.15, -0.1) is 11.6 Å². The molecule has 0 spiro atoms. The van der Waals surface area contributed by atoms with Gasteiger partial charge in [-0.25, -0.2) is 13.1 Å². The van der Waals surface area contributed by atoms with Crippen LogP contribution < -0.4 is 4.72 Å². The van der Waals surface area contributed by atoms with Crippen molar-refractivity contribution in [2.45, 2.75) is 31.0 Å². The number of rotatable bonds is 5. The fourth-order valence-corrected chi connectivity index (χ4v) is 2.45. The number of sulfonamides is 1. The van der Waals surface area contributed by atoms with E-state index in [-0.39, 0.29) is 22.7 Å². The minimum atomic E-state index is -3.44. The van der Waals surface area contributed by atoms with Crippen LogP contribution in [0.2, 0.25) is 0 Å². The average molecular weight is 276 g/mol. The van der Waals surface area contributed by atoms with E-state index in [0.717, 1.165) is 5.56 Å². The predicted molar refractivity (Wildman–Crippen MR) is 70.8 cm³/mol. The van der Waals surface area contributed by atoms with Gasteiger partial charge in [-0.1, -0.05) is 31.5 Å². The number of alkyl halides is 1. The number of hydrogen-bond donors (Lipinski definition) is 1. The number of halogens is 1. The molecule has 0 bridgehead atoms. The summed E-state index contributed by atoms with van der Waals surface area (Å²) in [7, 11) is -3.44. The molecule has 0 aromatic heterocycles. The molecule has 17 heavy (non-hydrogen) atoms. The number of aryl methyl sites for hydroxylation is 1. The summed E-state index contributed by atoms with van der Waals surface area (Å²) in [6, 6.07) is 6.73. The van der Waals surface area contributed by atoms with Crippen molar-refractivity contribution in [3.05, 3.63) is 29.8 Å². The molecule has 0 fully saturated rings. The minimum Gasteiger partial charge on any atom is -0.210 e. The summed E-state index contributed by atoms with van der Waals surface area (Å²) in [5.41, 5.74) is 1.03. The maximum absolute atomic E-state index is 11.9. The van der Waals surface area contributed by atoms with E-state index in [1.807, 2.05) is 20.8 Å². The van der Waals surface area contributed by atoms with Gasteiger partial charge in [0.2, 0.25) is 10.0 Å². The molecule has 1 unspecified atom stereocenters. The molecule has 1 N–H and O–H groups in total. The summed E-state index contributed by atoms with van der Waals surface area (Å²) in [6.07, 6.45) is 0. The highest BCUT2D eigenvalue weighted by Gasteiger charge is 2.17. The van der Waals surface area contributed by atoms with Gasteiger partial charge >= 0.3 is 0 Å². The SMILES string of the molecule is Cc1ccc(S(=O)(=O)NCC(Cl)C(C)C)cc1. The van der Waals surface area contributed by atoms with Crippen molar-refractivity contribution in [3.63, 3.8) is 0 Å². The van der Waals surface area contributed by atoms with Crippen LogP contribution in [0.1, 0.15) is 19.4 Å². The van der Waals surface area contributed by atoms with Gasteiger partial charge in [0.15, 0.2) is 0 Å². The maximum atomic E-state index is 11.9. The molecule has 0 aliphatic heterocycles. The molecule has 0 saturated heterocycles. The number of hydrogen-bond acceptors (Lipinski definition) is 2. The Morgan fingerprint density at radius 2 is 1.76 bits per heavy atom. The standard InChI is InChI=1S/C12H18ClNO2S/c1-9(2)12(13)8-14-17(15,16)11-6-4-10(3)5-7-11/h4-7,9,12,14H,8H2,1-3H3. The highest BCUT2D eigenvalue weighted by atomic mass is 35.5. The molecule has 0 heterocycles. The van der Waals surface area contributed by atoms with Crippen molar-refractivity contribution in [1.82, 2.24) is 4.72 Å². The summed E-state index contributed by atoms with van der Waals surface area (Å²) in [4.78, 5) is 0.274. The molecule has 1 atom stereocenters. The zero-order valence-electron chi connectivity index (χ0n) is 10.3. The van der Waals surface area contributed by atoms with Gasteiger partial charge in [-0.2, -0.15) is 0 Å². The first-order chi connectivity index (χ1) is 7.83. The fourth-order valence-electron chi connectivity index (χ4n) is 1.23. The third-order valence-corrected chi connectivity index (χ3v) is 4.62. The maximum Gasteiger partial charge on any atom is 0.240 e. The highest BCUT2D eigenvalue weighted by molar-refractivity contribution is 7.89. The Balaban J connectivity index is 2.72. The van der Waals surface area contributed by atoms with Crippen LogP contribution in [-0.4, -0.2) is 20.3 Å². The van der Waals surface area contributed by atoms with Gasteiger partial charge in [0.1, 0.15) is 0 Å². The predicted octanol–water partition coefficient (Wildman–Crippen LogP) is 2.54. The second-order valence-electron chi connectivity index (χ2n) is 4.42. The topological polar surface area (TPSA) is 46.2 Å². The van der Waals surface area contributed by atoms with Crippen LogP contribution in [0.25, 0.3) is 0 Å². The Labute approximate surface area is 108 Å². The van der Waals surface area contributed by atoms with Gasteiger partial charge in [0.25, 0.3) is 0 Å². The molecule has 1 aromatic rings. The smallest absolute Gasteiger partial charge is 0.210 e. The molecule has 0 radical (unpaired) electrons. The zero-order valence-corrected chi connectivity index (χ0v) is 11.8. The monoisotopic (exact) mass is 275 g/mol. The Morgan fingerprint density at radius 1 is 1.24 bits per heavy atom. The first-order valence-corrected chi connectivity index (χ1v) is 7.45. The van der Waals surface area contributed by atoms with Crippen LogP contribution in [0.15, 0.2) is 29.2 Å². The Morgan fingerprint density at radius 3 is 2.24 bits per heavy atom. The van der Waals surface area contributed by atoms with E-state index in [0.29, 0.717) is 0 Å². The van der Waals surface area contributed by atoms with E-state index in [9.17, 15) is 8.42 Å². The van der Waals surface area contributed by atoms with E-state index < -0.39 is 10.0 Å². The fraction of sp³-hybridized carbons (Fsp3) is 0.500. The van der Waals surface area contributed by atoms with Crippen LogP contribution in [0.3, 0.4) is 0 Å². The molecule has 5 heteroatoms. The van der Waals surface area contributed by atoms with E-state index in [4.69, 9.17) is 11.6 Å². The van der Waals surface area contributed by atoms with Gasteiger partial charge in [0.05, 0.1) is 4.90 Å².